The standard InChI is InChI=1S/C18H18O6/c1-10(19)12-8-9-14(22-3)17(18(12)23-4)16-13(21)6-5-7-15(16)24-11(2)20/h5-9,21H,1-4H3. The summed E-state index contributed by atoms with van der Waals surface area (Å²) in [5.41, 5.74) is 0.872. The summed E-state index contributed by atoms with van der Waals surface area (Å²) in [5, 5.41) is 10.3. The molecule has 0 unspecified atom stereocenters. The second kappa shape index (κ2) is 7.04. The molecule has 126 valence electrons. The zero-order valence-electron chi connectivity index (χ0n) is 13.9. The van der Waals surface area contributed by atoms with Gasteiger partial charge in [0.05, 0.1) is 30.9 Å². The molecule has 0 amide bonds. The predicted octanol–water partition coefficient (Wildman–Crippen LogP) is 3.20. The number of carbonyl (C=O) groups is 2. The fraction of sp³-hybridized carbons (Fsp3) is 0.222. The van der Waals surface area contributed by atoms with Gasteiger partial charge in [0.15, 0.2) is 5.78 Å². The Kier molecular flexibility index (Phi) is 5.08. The second-order valence-electron chi connectivity index (χ2n) is 5.02. The minimum Gasteiger partial charge on any atom is -0.507 e. The maximum atomic E-state index is 11.9. The summed E-state index contributed by atoms with van der Waals surface area (Å²) in [5.74, 6) is -0.142. The Hall–Kier alpha value is -3.02. The summed E-state index contributed by atoms with van der Waals surface area (Å²) in [6.07, 6.45) is 0. The van der Waals surface area contributed by atoms with Gasteiger partial charge in [0, 0.05) is 6.92 Å². The van der Waals surface area contributed by atoms with Crippen molar-refractivity contribution in [1.29, 1.82) is 0 Å². The molecule has 0 aliphatic carbocycles. The Balaban J connectivity index is 2.88. The molecule has 0 aliphatic rings. The lowest BCUT2D eigenvalue weighted by Gasteiger charge is -2.18. The number of aromatic hydroxyl groups is 1. The van der Waals surface area contributed by atoms with E-state index >= 15 is 0 Å². The van der Waals surface area contributed by atoms with Crippen LogP contribution in [-0.2, 0) is 4.79 Å². The summed E-state index contributed by atoms with van der Waals surface area (Å²) in [6.45, 7) is 2.67. The first-order chi connectivity index (χ1) is 11.4. The smallest absolute Gasteiger partial charge is 0.308 e. The third-order valence-corrected chi connectivity index (χ3v) is 3.43. The van der Waals surface area contributed by atoms with Crippen LogP contribution in [0.3, 0.4) is 0 Å². The van der Waals surface area contributed by atoms with Gasteiger partial charge in [-0.05, 0) is 31.2 Å². The number of rotatable bonds is 5. The number of esters is 1. The first-order valence-electron chi connectivity index (χ1n) is 7.17. The molecule has 24 heavy (non-hydrogen) atoms. The zero-order valence-corrected chi connectivity index (χ0v) is 13.9. The molecule has 6 nitrogen and oxygen atoms in total. The third-order valence-electron chi connectivity index (χ3n) is 3.43. The van der Waals surface area contributed by atoms with Crippen LogP contribution in [0.5, 0.6) is 23.0 Å². The maximum Gasteiger partial charge on any atom is 0.308 e. The summed E-state index contributed by atoms with van der Waals surface area (Å²) >= 11 is 0. The topological polar surface area (TPSA) is 82.1 Å². The molecule has 2 aromatic rings. The van der Waals surface area contributed by atoms with Crippen LogP contribution >= 0.6 is 0 Å². The highest BCUT2D eigenvalue weighted by molar-refractivity contribution is 6.01. The van der Waals surface area contributed by atoms with Crippen LogP contribution in [0.15, 0.2) is 30.3 Å². The molecule has 0 radical (unpaired) electrons. The number of benzene rings is 2. The molecule has 0 aliphatic heterocycles. The Labute approximate surface area is 139 Å². The van der Waals surface area contributed by atoms with Gasteiger partial charge in [-0.3, -0.25) is 9.59 Å². The summed E-state index contributed by atoms with van der Waals surface area (Å²) < 4.78 is 15.9. The first kappa shape index (κ1) is 17.3. The highest BCUT2D eigenvalue weighted by Crippen LogP contribution is 2.48. The van der Waals surface area contributed by atoms with Crippen molar-refractivity contribution in [2.75, 3.05) is 14.2 Å². The van der Waals surface area contributed by atoms with E-state index in [0.717, 1.165) is 0 Å². The van der Waals surface area contributed by atoms with E-state index in [9.17, 15) is 14.7 Å². The average molecular weight is 330 g/mol. The van der Waals surface area contributed by atoms with Crippen LogP contribution in [-0.4, -0.2) is 31.1 Å². The molecular weight excluding hydrogens is 312 g/mol. The monoisotopic (exact) mass is 330 g/mol. The Morgan fingerprint density at radius 2 is 1.62 bits per heavy atom. The molecule has 6 heteroatoms. The normalized spacial score (nSPS) is 10.2. The first-order valence-corrected chi connectivity index (χ1v) is 7.17. The molecule has 1 N–H and O–H groups in total. The predicted molar refractivity (Wildman–Crippen MR) is 88.0 cm³/mol. The van der Waals surface area contributed by atoms with Crippen LogP contribution in [0.1, 0.15) is 24.2 Å². The molecular formula is C18H18O6. The molecule has 2 rings (SSSR count). The largest absolute Gasteiger partial charge is 0.507 e. The molecule has 0 heterocycles. The van der Waals surface area contributed by atoms with Crippen molar-refractivity contribution in [2.24, 2.45) is 0 Å². The van der Waals surface area contributed by atoms with Crippen molar-refractivity contribution in [3.8, 4) is 34.1 Å². The molecule has 0 atom stereocenters. The van der Waals surface area contributed by atoms with Gasteiger partial charge in [0.1, 0.15) is 23.0 Å². The van der Waals surface area contributed by atoms with Gasteiger partial charge in [0.25, 0.3) is 0 Å². The van der Waals surface area contributed by atoms with Crippen LogP contribution in [0.25, 0.3) is 11.1 Å². The zero-order chi connectivity index (χ0) is 17.9. The molecule has 0 aromatic heterocycles. The minimum atomic E-state index is -0.539. The van der Waals surface area contributed by atoms with E-state index in [4.69, 9.17) is 14.2 Å². The summed E-state index contributed by atoms with van der Waals surface area (Å²) in [4.78, 5) is 23.3. The van der Waals surface area contributed by atoms with Gasteiger partial charge in [-0.2, -0.15) is 0 Å². The van der Waals surface area contributed by atoms with Gasteiger partial charge >= 0.3 is 5.97 Å². The lowest BCUT2D eigenvalue weighted by molar-refractivity contribution is -0.131. The average Bonchev–Trinajstić information content (AvgIpc) is 2.53. The number of phenolic OH excluding ortho intramolecular Hbond substituents is 1. The van der Waals surface area contributed by atoms with E-state index in [1.807, 2.05) is 0 Å². The molecule has 0 saturated heterocycles. The number of ketones is 1. The van der Waals surface area contributed by atoms with Crippen LogP contribution in [0, 0.1) is 0 Å². The number of methoxy groups -OCH3 is 2. The summed E-state index contributed by atoms with van der Waals surface area (Å²) in [6, 6.07) is 7.70. The minimum absolute atomic E-state index is 0.133. The third kappa shape index (κ3) is 3.17. The highest BCUT2D eigenvalue weighted by Gasteiger charge is 2.24. The van der Waals surface area contributed by atoms with Gasteiger partial charge in [-0.25, -0.2) is 0 Å². The van der Waals surface area contributed by atoms with Gasteiger partial charge < -0.3 is 19.3 Å². The summed E-state index contributed by atoms with van der Waals surface area (Å²) in [7, 11) is 2.87. The number of carbonyl (C=O) groups excluding carboxylic acids is 2. The van der Waals surface area contributed by atoms with Crippen molar-refractivity contribution in [1.82, 2.24) is 0 Å². The molecule has 0 spiro atoms. The lowest BCUT2D eigenvalue weighted by atomic mass is 9.97. The van der Waals surface area contributed by atoms with Gasteiger partial charge in [0.2, 0.25) is 0 Å². The number of hydrogen-bond acceptors (Lipinski definition) is 6. The quantitative estimate of drug-likeness (QED) is 0.515. The SMILES string of the molecule is COc1ccc(C(C)=O)c(OC)c1-c1c(O)cccc1OC(C)=O. The fourth-order valence-electron chi connectivity index (χ4n) is 2.47. The number of ether oxygens (including phenoxy) is 3. The van der Waals surface area contributed by atoms with Gasteiger partial charge in [-0.15, -0.1) is 0 Å². The Bertz CT molecular complexity index is 794. The molecule has 2 aromatic carbocycles. The van der Waals surface area contributed by atoms with Crippen molar-refractivity contribution in [3.63, 3.8) is 0 Å². The molecule has 0 saturated carbocycles. The van der Waals surface area contributed by atoms with Gasteiger partial charge in [-0.1, -0.05) is 6.07 Å². The van der Waals surface area contributed by atoms with Crippen LogP contribution < -0.4 is 14.2 Å². The van der Waals surface area contributed by atoms with Crippen molar-refractivity contribution in [3.05, 3.63) is 35.9 Å². The van der Waals surface area contributed by atoms with E-state index < -0.39 is 5.97 Å². The van der Waals surface area contributed by atoms with Crippen molar-refractivity contribution in [2.45, 2.75) is 13.8 Å². The maximum absolute atomic E-state index is 11.9. The number of hydrogen-bond donors (Lipinski definition) is 1. The molecule has 0 bridgehead atoms. The highest BCUT2D eigenvalue weighted by atomic mass is 16.5. The van der Waals surface area contributed by atoms with E-state index in [1.54, 1.807) is 18.2 Å². The van der Waals surface area contributed by atoms with E-state index in [1.165, 1.54) is 40.2 Å². The number of phenols is 1. The van der Waals surface area contributed by atoms with E-state index in [2.05, 4.69) is 0 Å². The van der Waals surface area contributed by atoms with Crippen LogP contribution in [0.2, 0.25) is 0 Å². The van der Waals surface area contributed by atoms with E-state index in [0.29, 0.717) is 16.9 Å². The van der Waals surface area contributed by atoms with Crippen molar-refractivity contribution >= 4 is 11.8 Å². The molecule has 0 fully saturated rings. The van der Waals surface area contributed by atoms with E-state index in [-0.39, 0.29) is 28.6 Å². The number of Topliss-reactive ketones (excluding diaryl/α,β-unsaturated/α-hetero) is 1. The fourth-order valence-corrected chi connectivity index (χ4v) is 2.47. The Morgan fingerprint density at radius 3 is 2.17 bits per heavy atom. The lowest BCUT2D eigenvalue weighted by Crippen LogP contribution is -2.05. The van der Waals surface area contributed by atoms with Crippen LogP contribution in [0.4, 0.5) is 0 Å². The Morgan fingerprint density at radius 1 is 0.917 bits per heavy atom. The second-order valence-corrected chi connectivity index (χ2v) is 5.02. The van der Waals surface area contributed by atoms with Crippen molar-refractivity contribution < 1.29 is 28.9 Å².